The molecule has 24 heavy (non-hydrogen) atoms. The van der Waals surface area contributed by atoms with Crippen LogP contribution >= 0.6 is 11.3 Å². The first kappa shape index (κ1) is 16.7. The molecule has 0 aliphatic carbocycles. The van der Waals surface area contributed by atoms with E-state index in [0.29, 0.717) is 16.1 Å². The summed E-state index contributed by atoms with van der Waals surface area (Å²) < 4.78 is 6.09. The van der Waals surface area contributed by atoms with Crippen molar-refractivity contribution in [3.05, 3.63) is 51.4 Å². The van der Waals surface area contributed by atoms with Crippen LogP contribution in [-0.4, -0.2) is 5.91 Å². The normalized spacial score (nSPS) is 17.2. The number of anilines is 1. The van der Waals surface area contributed by atoms with Gasteiger partial charge < -0.3 is 10.1 Å². The number of ether oxygens (including phenoxy) is 1. The molecule has 0 saturated heterocycles. The molecule has 0 spiro atoms. The maximum absolute atomic E-state index is 12.5. The van der Waals surface area contributed by atoms with E-state index in [1.807, 2.05) is 46.8 Å². The van der Waals surface area contributed by atoms with Gasteiger partial charge in [-0.1, -0.05) is 17.7 Å². The van der Waals surface area contributed by atoms with Crippen molar-refractivity contribution in [1.82, 2.24) is 0 Å². The zero-order valence-electron chi connectivity index (χ0n) is 14.5. The number of rotatable bonds is 2. The number of nitrogens with one attached hydrogen (secondary N) is 1. The number of fused-ring (bicyclic) bond motifs is 1. The number of hydrogen-bond acceptors (Lipinski definition) is 4. The molecular formula is C19H20N2O2S. The Morgan fingerprint density at radius 2 is 1.79 bits per heavy atom. The SMILES string of the molecule is Cc1ccc(C(=O)Nc2sc3c(c2C#N)C(C)(C)OC3(C)C)cc1. The number of amides is 1. The Labute approximate surface area is 146 Å². The molecule has 2 heterocycles. The zero-order chi connectivity index (χ0) is 17.7. The Morgan fingerprint density at radius 3 is 2.38 bits per heavy atom. The molecule has 1 amide bonds. The van der Waals surface area contributed by atoms with Crippen LogP contribution in [-0.2, 0) is 15.9 Å². The van der Waals surface area contributed by atoms with Gasteiger partial charge in [-0.3, -0.25) is 4.79 Å². The Hall–Kier alpha value is -2.16. The predicted octanol–water partition coefficient (Wildman–Crippen LogP) is 4.68. The summed E-state index contributed by atoms with van der Waals surface area (Å²) in [6, 6.07) is 9.62. The van der Waals surface area contributed by atoms with E-state index in [1.54, 1.807) is 12.1 Å². The molecule has 1 aliphatic heterocycles. The Bertz CT molecular complexity index is 855. The highest BCUT2D eigenvalue weighted by Gasteiger charge is 2.47. The van der Waals surface area contributed by atoms with Crippen LogP contribution in [0, 0.1) is 18.3 Å². The molecule has 0 unspecified atom stereocenters. The molecule has 1 aromatic carbocycles. The average Bonchev–Trinajstić information content (AvgIpc) is 2.94. The third kappa shape index (κ3) is 2.62. The smallest absolute Gasteiger partial charge is 0.256 e. The van der Waals surface area contributed by atoms with Crippen molar-refractivity contribution in [2.24, 2.45) is 0 Å². The number of aryl methyl sites for hydroxylation is 1. The fourth-order valence-corrected chi connectivity index (χ4v) is 4.57. The molecule has 2 aromatic rings. The highest BCUT2D eigenvalue weighted by atomic mass is 32.1. The van der Waals surface area contributed by atoms with E-state index < -0.39 is 11.2 Å². The predicted molar refractivity (Wildman–Crippen MR) is 95.3 cm³/mol. The number of benzene rings is 1. The van der Waals surface area contributed by atoms with Gasteiger partial charge in [0.25, 0.3) is 5.91 Å². The van der Waals surface area contributed by atoms with Crippen LogP contribution in [0.15, 0.2) is 24.3 Å². The Morgan fingerprint density at radius 1 is 1.17 bits per heavy atom. The third-order valence-corrected chi connectivity index (χ3v) is 5.63. The molecule has 5 heteroatoms. The van der Waals surface area contributed by atoms with Gasteiger partial charge in [-0.2, -0.15) is 5.26 Å². The van der Waals surface area contributed by atoms with Crippen LogP contribution in [0.2, 0.25) is 0 Å². The minimum absolute atomic E-state index is 0.206. The Kier molecular flexibility index (Phi) is 3.78. The molecule has 124 valence electrons. The van der Waals surface area contributed by atoms with Crippen LogP contribution < -0.4 is 5.32 Å². The van der Waals surface area contributed by atoms with Gasteiger partial charge >= 0.3 is 0 Å². The highest BCUT2D eigenvalue weighted by Crippen LogP contribution is 2.54. The number of hydrogen-bond donors (Lipinski definition) is 1. The summed E-state index contributed by atoms with van der Waals surface area (Å²) in [5.74, 6) is -0.206. The Balaban J connectivity index is 2.01. The first-order valence-electron chi connectivity index (χ1n) is 7.82. The van der Waals surface area contributed by atoms with Crippen molar-refractivity contribution in [1.29, 1.82) is 5.26 Å². The van der Waals surface area contributed by atoms with E-state index >= 15 is 0 Å². The van der Waals surface area contributed by atoms with Crippen molar-refractivity contribution in [3.63, 3.8) is 0 Å². The molecule has 3 rings (SSSR count). The summed E-state index contributed by atoms with van der Waals surface area (Å²) in [4.78, 5) is 13.5. The molecule has 0 bridgehead atoms. The molecule has 1 N–H and O–H groups in total. The van der Waals surface area contributed by atoms with Crippen LogP contribution in [0.25, 0.3) is 0 Å². The lowest BCUT2D eigenvalue weighted by Gasteiger charge is -2.25. The van der Waals surface area contributed by atoms with Crippen molar-refractivity contribution < 1.29 is 9.53 Å². The van der Waals surface area contributed by atoms with E-state index in [1.165, 1.54) is 11.3 Å². The average molecular weight is 340 g/mol. The molecule has 4 nitrogen and oxygen atoms in total. The number of carbonyl (C=O) groups excluding carboxylic acids is 1. The maximum atomic E-state index is 12.5. The lowest BCUT2D eigenvalue weighted by Crippen LogP contribution is -2.23. The molecule has 0 fully saturated rings. The van der Waals surface area contributed by atoms with E-state index in [0.717, 1.165) is 16.0 Å². The topological polar surface area (TPSA) is 62.1 Å². The van der Waals surface area contributed by atoms with Gasteiger partial charge in [0, 0.05) is 16.0 Å². The van der Waals surface area contributed by atoms with E-state index in [9.17, 15) is 10.1 Å². The minimum atomic E-state index is -0.548. The van der Waals surface area contributed by atoms with E-state index in [4.69, 9.17) is 4.74 Å². The summed E-state index contributed by atoms with van der Waals surface area (Å²) in [5, 5.41) is 13.1. The maximum Gasteiger partial charge on any atom is 0.256 e. The largest absolute Gasteiger partial charge is 0.359 e. The first-order valence-corrected chi connectivity index (χ1v) is 8.63. The number of nitrogens with zero attached hydrogens (tertiary/aromatic N) is 1. The lowest BCUT2D eigenvalue weighted by atomic mass is 9.94. The van der Waals surface area contributed by atoms with Crippen molar-refractivity contribution in [2.45, 2.75) is 45.8 Å². The second-order valence-electron chi connectivity index (χ2n) is 7.06. The lowest BCUT2D eigenvalue weighted by molar-refractivity contribution is -0.104. The summed E-state index contributed by atoms with van der Waals surface area (Å²) in [7, 11) is 0. The fraction of sp³-hybridized carbons (Fsp3) is 0.368. The molecule has 0 atom stereocenters. The zero-order valence-corrected chi connectivity index (χ0v) is 15.3. The molecular weight excluding hydrogens is 320 g/mol. The second kappa shape index (κ2) is 5.44. The third-order valence-electron chi connectivity index (χ3n) is 4.22. The van der Waals surface area contributed by atoms with Gasteiger partial charge in [0.2, 0.25) is 0 Å². The first-order chi connectivity index (χ1) is 11.2. The van der Waals surface area contributed by atoms with Crippen LogP contribution in [0.5, 0.6) is 0 Å². The standard InChI is InChI=1S/C19H20N2O2S/c1-11-6-8-12(9-7-11)16(22)21-17-13(10-20)14-15(24-17)19(4,5)23-18(14,2)3/h6-9H,1-5H3,(H,21,22). The van der Waals surface area contributed by atoms with Crippen LogP contribution in [0.3, 0.4) is 0 Å². The van der Waals surface area contributed by atoms with Gasteiger partial charge in [-0.05, 0) is 46.8 Å². The highest BCUT2D eigenvalue weighted by molar-refractivity contribution is 7.17. The van der Waals surface area contributed by atoms with E-state index in [2.05, 4.69) is 11.4 Å². The van der Waals surface area contributed by atoms with Gasteiger partial charge in [0.1, 0.15) is 11.1 Å². The number of thiophene rings is 1. The summed E-state index contributed by atoms with van der Waals surface area (Å²) in [6.07, 6.45) is 0. The molecule has 1 aliphatic rings. The summed E-state index contributed by atoms with van der Waals surface area (Å²) >= 11 is 1.43. The molecule has 1 aromatic heterocycles. The molecule has 0 radical (unpaired) electrons. The van der Waals surface area contributed by atoms with Crippen molar-refractivity contribution >= 4 is 22.2 Å². The number of carbonyl (C=O) groups is 1. The fourth-order valence-electron chi connectivity index (χ4n) is 3.24. The molecule has 0 saturated carbocycles. The second-order valence-corrected chi connectivity index (χ2v) is 8.09. The quantitative estimate of drug-likeness (QED) is 0.863. The van der Waals surface area contributed by atoms with Crippen LogP contribution in [0.1, 0.15) is 59.6 Å². The number of nitriles is 1. The summed E-state index contributed by atoms with van der Waals surface area (Å²) in [6.45, 7) is 9.87. The minimum Gasteiger partial charge on any atom is -0.359 e. The monoisotopic (exact) mass is 340 g/mol. The van der Waals surface area contributed by atoms with Crippen molar-refractivity contribution in [3.8, 4) is 6.07 Å². The van der Waals surface area contributed by atoms with Gasteiger partial charge in [-0.25, -0.2) is 0 Å². The van der Waals surface area contributed by atoms with Crippen molar-refractivity contribution in [2.75, 3.05) is 5.32 Å². The summed E-state index contributed by atoms with van der Waals surface area (Å²) in [5.41, 5.74) is 2.05. The van der Waals surface area contributed by atoms with E-state index in [-0.39, 0.29) is 5.91 Å². The van der Waals surface area contributed by atoms with Crippen LogP contribution in [0.4, 0.5) is 5.00 Å². The van der Waals surface area contributed by atoms with Gasteiger partial charge in [-0.15, -0.1) is 11.3 Å². The van der Waals surface area contributed by atoms with Gasteiger partial charge in [0.15, 0.2) is 0 Å². The van der Waals surface area contributed by atoms with Gasteiger partial charge in [0.05, 0.1) is 16.8 Å².